The Morgan fingerprint density at radius 1 is 1.14 bits per heavy atom. The Labute approximate surface area is 124 Å². The zero-order chi connectivity index (χ0) is 16.2. The lowest BCUT2D eigenvalue weighted by atomic mass is 10.1. The predicted octanol–water partition coefficient (Wildman–Crippen LogP) is 1.86. The summed E-state index contributed by atoms with van der Waals surface area (Å²) in [4.78, 5) is 39.8. The van der Waals surface area contributed by atoms with Gasteiger partial charge in [0, 0.05) is 24.3 Å². The van der Waals surface area contributed by atoms with E-state index >= 15 is 0 Å². The number of carbonyl (C=O) groups excluding carboxylic acids is 3. The number of aromatic nitrogens is 1. The Morgan fingerprint density at radius 2 is 1.71 bits per heavy atom. The van der Waals surface area contributed by atoms with Crippen LogP contribution in [0.3, 0.4) is 0 Å². The number of hydrogen-bond donors (Lipinski definition) is 1. The van der Waals surface area contributed by atoms with E-state index in [1.807, 2.05) is 13.8 Å². The molecule has 6 nitrogen and oxygen atoms in total. The molecule has 0 bridgehead atoms. The summed E-state index contributed by atoms with van der Waals surface area (Å²) in [7, 11) is 0. The number of nitrogens with one attached hydrogen (secondary N) is 1. The van der Waals surface area contributed by atoms with Gasteiger partial charge in [-0.05, 0) is 40.2 Å². The number of amides is 1. The van der Waals surface area contributed by atoms with Crippen molar-refractivity contribution < 1.29 is 19.1 Å². The van der Waals surface area contributed by atoms with Crippen LogP contribution < -0.4 is 0 Å². The topological polar surface area (TPSA) is 79.5 Å². The van der Waals surface area contributed by atoms with E-state index in [0.29, 0.717) is 29.9 Å². The Morgan fingerprint density at radius 3 is 2.14 bits per heavy atom. The summed E-state index contributed by atoms with van der Waals surface area (Å²) in [5.74, 6) is -0.968. The van der Waals surface area contributed by atoms with Crippen LogP contribution in [0.2, 0.25) is 0 Å². The van der Waals surface area contributed by atoms with E-state index < -0.39 is 5.97 Å². The van der Waals surface area contributed by atoms with Gasteiger partial charge in [0.1, 0.15) is 5.69 Å². The number of ketones is 1. The number of ether oxygens (including phenoxy) is 1. The highest BCUT2D eigenvalue weighted by Gasteiger charge is 2.22. The average Bonchev–Trinajstić information content (AvgIpc) is 2.72. The molecule has 0 unspecified atom stereocenters. The number of nitrogens with zero attached hydrogens (tertiary/aromatic N) is 1. The summed E-state index contributed by atoms with van der Waals surface area (Å²) in [6, 6.07) is 0. The molecule has 0 saturated carbocycles. The minimum atomic E-state index is -0.622. The maximum atomic E-state index is 12.0. The highest BCUT2D eigenvalue weighted by Crippen LogP contribution is 2.19. The number of aryl methyl sites for hydroxylation is 1. The smallest absolute Gasteiger partial charge is 0.355 e. The number of Topliss-reactive ketones (excluding diaryl/α,β-unsaturated/α-hetero) is 1. The van der Waals surface area contributed by atoms with Crippen molar-refractivity contribution in [1.82, 2.24) is 9.88 Å². The van der Waals surface area contributed by atoms with E-state index in [1.54, 1.807) is 18.7 Å². The van der Waals surface area contributed by atoms with Gasteiger partial charge in [0.15, 0.2) is 12.4 Å². The molecular weight excluding hydrogens is 272 g/mol. The van der Waals surface area contributed by atoms with Gasteiger partial charge in [0.05, 0.1) is 0 Å². The largest absolute Gasteiger partial charge is 0.451 e. The summed E-state index contributed by atoms with van der Waals surface area (Å²) >= 11 is 0. The fraction of sp³-hybridized carbons (Fsp3) is 0.533. The second kappa shape index (κ2) is 7.06. The molecule has 0 aliphatic heterocycles. The zero-order valence-corrected chi connectivity index (χ0v) is 13.2. The summed E-state index contributed by atoms with van der Waals surface area (Å²) in [6.45, 7) is 9.42. The minimum Gasteiger partial charge on any atom is -0.451 e. The van der Waals surface area contributed by atoms with Crippen molar-refractivity contribution in [3.8, 4) is 0 Å². The van der Waals surface area contributed by atoms with Crippen molar-refractivity contribution in [2.24, 2.45) is 0 Å². The van der Waals surface area contributed by atoms with E-state index in [0.717, 1.165) is 0 Å². The lowest BCUT2D eigenvalue weighted by Gasteiger charge is -2.18. The minimum absolute atomic E-state index is 0.112. The second-order valence-electron chi connectivity index (χ2n) is 4.82. The van der Waals surface area contributed by atoms with Crippen LogP contribution in [0.1, 0.15) is 52.9 Å². The summed E-state index contributed by atoms with van der Waals surface area (Å²) in [5, 5.41) is 0. The average molecular weight is 294 g/mol. The highest BCUT2D eigenvalue weighted by atomic mass is 16.5. The Bertz CT molecular complexity index is 556. The van der Waals surface area contributed by atoms with Crippen molar-refractivity contribution in [2.75, 3.05) is 19.7 Å². The summed E-state index contributed by atoms with van der Waals surface area (Å²) in [6.07, 6.45) is 0. The van der Waals surface area contributed by atoms with Crippen LogP contribution in [0.4, 0.5) is 0 Å². The van der Waals surface area contributed by atoms with Gasteiger partial charge < -0.3 is 14.6 Å². The molecule has 0 fully saturated rings. The monoisotopic (exact) mass is 294 g/mol. The van der Waals surface area contributed by atoms with Gasteiger partial charge in [-0.1, -0.05) is 0 Å². The van der Waals surface area contributed by atoms with Gasteiger partial charge in [0.2, 0.25) is 0 Å². The van der Waals surface area contributed by atoms with E-state index in [2.05, 4.69) is 4.98 Å². The quantitative estimate of drug-likeness (QED) is 0.641. The van der Waals surface area contributed by atoms with Gasteiger partial charge in [-0.15, -0.1) is 0 Å². The zero-order valence-electron chi connectivity index (χ0n) is 13.2. The molecule has 1 aromatic heterocycles. The fourth-order valence-corrected chi connectivity index (χ4v) is 2.35. The third-order valence-electron chi connectivity index (χ3n) is 3.44. The molecule has 116 valence electrons. The predicted molar refractivity (Wildman–Crippen MR) is 78.5 cm³/mol. The fourth-order valence-electron chi connectivity index (χ4n) is 2.35. The molecule has 0 radical (unpaired) electrons. The van der Waals surface area contributed by atoms with Crippen LogP contribution in [0, 0.1) is 13.8 Å². The van der Waals surface area contributed by atoms with Crippen molar-refractivity contribution in [3.05, 3.63) is 22.5 Å². The summed E-state index contributed by atoms with van der Waals surface area (Å²) < 4.78 is 5.03. The van der Waals surface area contributed by atoms with Crippen LogP contribution in [-0.2, 0) is 9.53 Å². The lowest BCUT2D eigenvalue weighted by Crippen LogP contribution is -2.34. The Hall–Kier alpha value is -2.11. The van der Waals surface area contributed by atoms with E-state index in [1.165, 1.54) is 6.92 Å². The van der Waals surface area contributed by atoms with Gasteiger partial charge in [-0.25, -0.2) is 4.79 Å². The van der Waals surface area contributed by atoms with Gasteiger partial charge in [0.25, 0.3) is 5.91 Å². The molecule has 0 aliphatic rings. The normalized spacial score (nSPS) is 10.3. The first kappa shape index (κ1) is 16.9. The second-order valence-corrected chi connectivity index (χ2v) is 4.82. The van der Waals surface area contributed by atoms with E-state index in [-0.39, 0.29) is 24.0 Å². The van der Waals surface area contributed by atoms with E-state index in [9.17, 15) is 14.4 Å². The standard InChI is InChI=1S/C15H22N2O4/c1-6-17(7-2)12(19)8-21-15(20)14-9(3)13(11(5)18)10(4)16-14/h16H,6-8H2,1-5H3. The Balaban J connectivity index is 2.80. The molecule has 0 aromatic carbocycles. The molecule has 1 N–H and O–H groups in total. The third kappa shape index (κ3) is 3.71. The van der Waals surface area contributed by atoms with Crippen molar-refractivity contribution >= 4 is 17.7 Å². The number of carbonyl (C=O) groups is 3. The maximum absolute atomic E-state index is 12.0. The molecule has 0 aliphatic carbocycles. The van der Waals surface area contributed by atoms with Gasteiger partial charge in [-0.2, -0.15) is 0 Å². The molecule has 6 heteroatoms. The van der Waals surface area contributed by atoms with Crippen LogP contribution in [0.25, 0.3) is 0 Å². The molecule has 1 aromatic rings. The van der Waals surface area contributed by atoms with Gasteiger partial charge >= 0.3 is 5.97 Å². The van der Waals surface area contributed by atoms with Crippen molar-refractivity contribution in [3.63, 3.8) is 0 Å². The number of H-pyrrole nitrogens is 1. The molecule has 0 atom stereocenters. The molecule has 1 rings (SSSR count). The van der Waals surface area contributed by atoms with E-state index in [4.69, 9.17) is 4.74 Å². The van der Waals surface area contributed by atoms with Crippen LogP contribution in [0.5, 0.6) is 0 Å². The Kier molecular flexibility index (Phi) is 5.69. The van der Waals surface area contributed by atoms with Crippen LogP contribution in [0.15, 0.2) is 0 Å². The third-order valence-corrected chi connectivity index (χ3v) is 3.44. The van der Waals surface area contributed by atoms with Crippen LogP contribution >= 0.6 is 0 Å². The first-order chi connectivity index (χ1) is 9.83. The molecule has 0 spiro atoms. The van der Waals surface area contributed by atoms with Crippen LogP contribution in [-0.4, -0.2) is 47.2 Å². The first-order valence-electron chi connectivity index (χ1n) is 6.98. The number of hydrogen-bond acceptors (Lipinski definition) is 4. The van der Waals surface area contributed by atoms with Gasteiger partial charge in [-0.3, -0.25) is 9.59 Å². The first-order valence-corrected chi connectivity index (χ1v) is 6.98. The number of aromatic amines is 1. The molecular formula is C15H22N2O4. The lowest BCUT2D eigenvalue weighted by molar-refractivity contribution is -0.134. The number of likely N-dealkylation sites (N-methyl/N-ethyl adjacent to an activating group) is 1. The summed E-state index contributed by atoms with van der Waals surface area (Å²) in [5.41, 5.74) is 1.91. The number of rotatable bonds is 6. The van der Waals surface area contributed by atoms with Crippen molar-refractivity contribution in [1.29, 1.82) is 0 Å². The highest BCUT2D eigenvalue weighted by molar-refractivity contribution is 6.01. The number of esters is 1. The molecule has 21 heavy (non-hydrogen) atoms. The van der Waals surface area contributed by atoms with Crippen molar-refractivity contribution in [2.45, 2.75) is 34.6 Å². The maximum Gasteiger partial charge on any atom is 0.355 e. The molecule has 1 heterocycles. The molecule has 1 amide bonds. The molecule has 0 saturated heterocycles. The SMILES string of the molecule is CCN(CC)C(=O)COC(=O)c1[nH]c(C)c(C(C)=O)c1C.